The van der Waals surface area contributed by atoms with Gasteiger partial charge in [-0.3, -0.25) is 4.99 Å². The molecule has 0 saturated heterocycles. The minimum absolute atomic E-state index is 0.0830. The summed E-state index contributed by atoms with van der Waals surface area (Å²) in [6.45, 7) is 4.89. The van der Waals surface area contributed by atoms with Crippen molar-refractivity contribution in [1.29, 1.82) is 0 Å². The van der Waals surface area contributed by atoms with Gasteiger partial charge in [-0.1, -0.05) is 154 Å². The van der Waals surface area contributed by atoms with Gasteiger partial charge in [0.25, 0.3) is 0 Å². The second-order valence-electron chi connectivity index (χ2n) is 18.1. The number of benzene rings is 6. The van der Waals surface area contributed by atoms with Crippen molar-refractivity contribution < 1.29 is 4.42 Å². The molecule has 5 aliphatic rings. The van der Waals surface area contributed by atoms with Crippen LogP contribution in [0.1, 0.15) is 96.9 Å². The molecule has 1 fully saturated rings. The third kappa shape index (κ3) is 4.67. The molecule has 0 amide bonds. The first-order valence-corrected chi connectivity index (χ1v) is 22.3. The molecule has 2 aromatic heterocycles. The fourth-order valence-corrected chi connectivity index (χ4v) is 13.3. The van der Waals surface area contributed by atoms with Crippen LogP contribution in [0.5, 0.6) is 0 Å². The molecule has 4 aliphatic carbocycles. The molecule has 3 heterocycles. The van der Waals surface area contributed by atoms with Crippen LogP contribution in [0.3, 0.4) is 0 Å². The zero-order chi connectivity index (χ0) is 39.0. The Morgan fingerprint density at radius 1 is 0.695 bits per heavy atom. The number of rotatable bonds is 3. The molecule has 3 unspecified atom stereocenters. The highest BCUT2D eigenvalue weighted by Gasteiger charge is 2.54. The van der Waals surface area contributed by atoms with E-state index in [0.717, 1.165) is 38.3 Å². The monoisotopic (exact) mass is 780 g/mol. The molecule has 1 saturated carbocycles. The summed E-state index contributed by atoms with van der Waals surface area (Å²) in [5.74, 6) is 1.78. The van der Waals surface area contributed by atoms with Gasteiger partial charge in [0.1, 0.15) is 28.0 Å². The first kappa shape index (κ1) is 33.9. The van der Waals surface area contributed by atoms with Crippen molar-refractivity contribution in [3.63, 3.8) is 0 Å². The van der Waals surface area contributed by atoms with Crippen LogP contribution in [0.4, 0.5) is 5.00 Å². The summed E-state index contributed by atoms with van der Waals surface area (Å²) in [5.41, 5.74) is 16.9. The van der Waals surface area contributed by atoms with Crippen LogP contribution in [0.25, 0.3) is 48.7 Å². The SMILES string of the molecule is CC1(C)C2=CC3c4ccccc4C4(CCCCC4)C3C=C2c2c(-c3ccc4oc5c(C6=NC(c7ccccc7)c7c(sc8ccccc78)N6)cccc5c4c3)cccc21. The number of hydrogen-bond acceptors (Lipinski definition) is 4. The third-order valence-electron chi connectivity index (χ3n) is 14.9. The molecule has 4 heteroatoms. The topological polar surface area (TPSA) is 37.5 Å². The first-order valence-electron chi connectivity index (χ1n) is 21.5. The number of thiophene rings is 1. The Kier molecular flexibility index (Phi) is 7.07. The van der Waals surface area contributed by atoms with Crippen molar-refractivity contribution in [2.45, 2.75) is 68.7 Å². The average Bonchev–Trinajstić information content (AvgIpc) is 3.99. The molecular formula is C55H44N2OS. The molecular weight excluding hydrogens is 737 g/mol. The standard InChI is InChI=1S/C55H44N2OS/c1-54(2)43-23-14-19-34(48(43)41-31-45-39(30-44(41)54)35-17-7-9-22-42(35)55(45)27-11-4-12-28-55)33-25-26-46-40(29-33)36-20-13-21-38(51(36)58-46)52-56-50(32-15-5-3-6-16-32)49-37-18-8-10-24-47(37)59-53(49)57-52/h3,5-10,13-26,29-31,39,45,50H,4,11-12,27-28H2,1-2H3,(H,56,57). The van der Waals surface area contributed by atoms with Crippen LogP contribution in [-0.4, -0.2) is 5.84 Å². The van der Waals surface area contributed by atoms with Crippen molar-refractivity contribution in [2.75, 3.05) is 5.32 Å². The van der Waals surface area contributed by atoms with Crippen molar-refractivity contribution in [1.82, 2.24) is 0 Å². The van der Waals surface area contributed by atoms with E-state index in [1.165, 1.54) is 86.7 Å². The second-order valence-corrected chi connectivity index (χ2v) is 19.2. The van der Waals surface area contributed by atoms with E-state index < -0.39 is 0 Å². The fourth-order valence-electron chi connectivity index (χ4n) is 12.2. The van der Waals surface area contributed by atoms with Crippen LogP contribution in [-0.2, 0) is 10.8 Å². The van der Waals surface area contributed by atoms with Gasteiger partial charge in [0, 0.05) is 43.2 Å². The highest BCUT2D eigenvalue weighted by atomic mass is 32.1. The van der Waals surface area contributed by atoms with E-state index in [9.17, 15) is 0 Å². The lowest BCUT2D eigenvalue weighted by molar-refractivity contribution is 0.233. The summed E-state index contributed by atoms with van der Waals surface area (Å²) >= 11 is 1.80. The smallest absolute Gasteiger partial charge is 0.146 e. The molecule has 13 rings (SSSR count). The van der Waals surface area contributed by atoms with Crippen LogP contribution < -0.4 is 5.32 Å². The number of hydrogen-bond donors (Lipinski definition) is 1. The lowest BCUT2D eigenvalue weighted by Crippen LogP contribution is -2.35. The van der Waals surface area contributed by atoms with Crippen molar-refractivity contribution >= 4 is 59.8 Å². The molecule has 0 radical (unpaired) electrons. The Bertz CT molecular complexity index is 3170. The number of anilines is 1. The van der Waals surface area contributed by atoms with E-state index in [1.807, 2.05) is 0 Å². The zero-order valence-electron chi connectivity index (χ0n) is 33.4. The van der Waals surface area contributed by atoms with Gasteiger partial charge in [-0.25, -0.2) is 0 Å². The number of fused-ring (bicyclic) bond motifs is 14. The Labute approximate surface area is 348 Å². The van der Waals surface area contributed by atoms with Gasteiger partial charge in [0.15, 0.2) is 0 Å². The molecule has 3 nitrogen and oxygen atoms in total. The minimum Gasteiger partial charge on any atom is -0.455 e. The number of aliphatic imine (C=N–C) groups is 1. The Morgan fingerprint density at radius 3 is 2.36 bits per heavy atom. The molecule has 1 aliphatic heterocycles. The van der Waals surface area contributed by atoms with Crippen LogP contribution in [0.15, 0.2) is 161 Å². The average molecular weight is 781 g/mol. The minimum atomic E-state index is -0.121. The van der Waals surface area contributed by atoms with E-state index in [1.54, 1.807) is 22.5 Å². The largest absolute Gasteiger partial charge is 0.455 e. The van der Waals surface area contributed by atoms with E-state index in [2.05, 4.69) is 165 Å². The van der Waals surface area contributed by atoms with Crippen molar-refractivity contribution in [3.05, 3.63) is 190 Å². The summed E-state index contributed by atoms with van der Waals surface area (Å²) in [6.07, 6.45) is 12.1. The molecule has 3 atom stereocenters. The molecule has 0 bridgehead atoms. The Hall–Kier alpha value is -5.97. The maximum Gasteiger partial charge on any atom is 0.146 e. The molecule has 6 aromatic carbocycles. The van der Waals surface area contributed by atoms with Crippen LogP contribution in [0, 0.1) is 5.92 Å². The Morgan fingerprint density at radius 2 is 1.46 bits per heavy atom. The van der Waals surface area contributed by atoms with E-state index >= 15 is 0 Å². The van der Waals surface area contributed by atoms with E-state index in [-0.39, 0.29) is 16.9 Å². The molecule has 59 heavy (non-hydrogen) atoms. The number of nitrogens with zero attached hydrogens (tertiary/aromatic N) is 1. The van der Waals surface area contributed by atoms with Gasteiger partial charge in [-0.2, -0.15) is 0 Å². The number of furan rings is 1. The number of amidine groups is 1. The van der Waals surface area contributed by atoms with Gasteiger partial charge >= 0.3 is 0 Å². The summed E-state index contributed by atoms with van der Waals surface area (Å²) in [7, 11) is 0. The van der Waals surface area contributed by atoms with E-state index in [0.29, 0.717) is 11.8 Å². The van der Waals surface area contributed by atoms with Gasteiger partial charge in [-0.15, -0.1) is 11.3 Å². The highest BCUT2D eigenvalue weighted by molar-refractivity contribution is 7.23. The first-order chi connectivity index (χ1) is 29.0. The number of allylic oxidation sites excluding steroid dienone is 4. The lowest BCUT2D eigenvalue weighted by atomic mass is 9.62. The fraction of sp³-hybridized carbons (Fsp3) is 0.218. The van der Waals surface area contributed by atoms with E-state index in [4.69, 9.17) is 9.41 Å². The van der Waals surface area contributed by atoms with Crippen molar-refractivity contribution in [3.8, 4) is 11.1 Å². The number of nitrogens with one attached hydrogen (secondary N) is 1. The molecule has 1 N–H and O–H groups in total. The van der Waals surface area contributed by atoms with Gasteiger partial charge in [0.05, 0.1) is 5.56 Å². The van der Waals surface area contributed by atoms with Gasteiger partial charge in [0.2, 0.25) is 0 Å². The summed E-state index contributed by atoms with van der Waals surface area (Å²) in [4.78, 5) is 5.47. The maximum absolute atomic E-state index is 6.83. The normalized spacial score (nSPS) is 21.9. The van der Waals surface area contributed by atoms with Gasteiger partial charge in [-0.05, 0) is 93.1 Å². The lowest BCUT2D eigenvalue weighted by Gasteiger charge is -2.42. The van der Waals surface area contributed by atoms with Crippen LogP contribution >= 0.6 is 11.3 Å². The van der Waals surface area contributed by atoms with Crippen molar-refractivity contribution in [2.24, 2.45) is 10.9 Å². The molecule has 1 spiro atoms. The summed E-state index contributed by atoms with van der Waals surface area (Å²) < 4.78 is 8.10. The molecule has 8 aromatic rings. The maximum atomic E-state index is 6.83. The van der Waals surface area contributed by atoms with Crippen LogP contribution in [0.2, 0.25) is 0 Å². The quantitative estimate of drug-likeness (QED) is 0.194. The van der Waals surface area contributed by atoms with Gasteiger partial charge < -0.3 is 9.73 Å². The third-order valence-corrected chi connectivity index (χ3v) is 16.0. The predicted octanol–water partition coefficient (Wildman–Crippen LogP) is 14.7. The molecule has 286 valence electrons. The number of para-hydroxylation sites is 1. The second kappa shape index (κ2) is 12.3. The zero-order valence-corrected chi connectivity index (χ0v) is 34.2. The predicted molar refractivity (Wildman–Crippen MR) is 246 cm³/mol. The Balaban J connectivity index is 0.943. The summed E-state index contributed by atoms with van der Waals surface area (Å²) in [5, 5.41) is 8.43. The summed E-state index contributed by atoms with van der Waals surface area (Å²) in [6, 6.07) is 49.1. The highest BCUT2D eigenvalue weighted by Crippen LogP contribution is 2.64.